The van der Waals surface area contributed by atoms with E-state index in [2.05, 4.69) is 16.2 Å². The molecule has 0 radical (unpaired) electrons. The van der Waals surface area contributed by atoms with E-state index in [1.807, 2.05) is 19.1 Å². The maximum atomic E-state index is 12.8. The van der Waals surface area contributed by atoms with Crippen LogP contribution in [0.15, 0.2) is 42.5 Å². The third kappa shape index (κ3) is 6.17. The van der Waals surface area contributed by atoms with Crippen LogP contribution in [0.25, 0.3) is 6.08 Å². The van der Waals surface area contributed by atoms with Gasteiger partial charge in [-0.2, -0.15) is 0 Å². The molecule has 1 aromatic heterocycles. The molecule has 3 N–H and O–H groups in total. The van der Waals surface area contributed by atoms with E-state index in [4.69, 9.17) is 12.2 Å². The summed E-state index contributed by atoms with van der Waals surface area (Å²) in [6.45, 7) is 2.45. The van der Waals surface area contributed by atoms with Gasteiger partial charge in [-0.15, -0.1) is 11.3 Å². The highest BCUT2D eigenvalue weighted by Gasteiger charge is 1.99. The maximum Gasteiger partial charge on any atom is 0.262 e. The number of benzene rings is 1. The molecule has 1 heterocycles. The van der Waals surface area contributed by atoms with E-state index < -0.39 is 0 Å². The van der Waals surface area contributed by atoms with Crippen LogP contribution >= 0.6 is 23.6 Å². The normalized spacial score (nSPS) is 10.5. The van der Waals surface area contributed by atoms with Gasteiger partial charge in [0.15, 0.2) is 5.11 Å². The molecule has 0 fully saturated rings. The Hall–Kier alpha value is -2.25. The predicted molar refractivity (Wildman–Crippen MR) is 95.2 cm³/mol. The molecule has 2 rings (SSSR count). The Kier molecular flexibility index (Phi) is 6.25. The number of carbonyl (C=O) groups excluding carboxylic acids is 1. The summed E-state index contributed by atoms with van der Waals surface area (Å²) < 4.78 is 12.8. The fourth-order valence-electron chi connectivity index (χ4n) is 1.69. The zero-order chi connectivity index (χ0) is 16.7. The number of carbonyl (C=O) groups is 1. The van der Waals surface area contributed by atoms with Gasteiger partial charge in [-0.25, -0.2) is 4.39 Å². The number of rotatable bonds is 4. The first kappa shape index (κ1) is 17.1. The van der Waals surface area contributed by atoms with Gasteiger partial charge in [-0.3, -0.25) is 15.6 Å². The minimum absolute atomic E-state index is 0.281. The number of nitrogens with one attached hydrogen (secondary N) is 3. The predicted octanol–water partition coefficient (Wildman–Crippen LogP) is 2.90. The molecule has 0 bridgehead atoms. The largest absolute Gasteiger partial charge is 0.357 e. The number of amides is 1. The molecular formula is C16H16FN3OS2. The molecule has 7 heteroatoms. The van der Waals surface area contributed by atoms with Crippen molar-refractivity contribution < 1.29 is 9.18 Å². The number of hydrogen-bond donors (Lipinski definition) is 3. The number of thiocarbonyl (C=S) groups is 1. The highest BCUT2D eigenvalue weighted by molar-refractivity contribution is 7.80. The van der Waals surface area contributed by atoms with Crippen LogP contribution in [0.3, 0.4) is 0 Å². The lowest BCUT2D eigenvalue weighted by Crippen LogP contribution is -2.45. The van der Waals surface area contributed by atoms with E-state index in [0.717, 1.165) is 10.4 Å². The number of halogens is 1. The van der Waals surface area contributed by atoms with E-state index in [1.54, 1.807) is 29.5 Å². The van der Waals surface area contributed by atoms with Gasteiger partial charge in [0.05, 0.1) is 0 Å². The molecule has 0 aliphatic heterocycles. The Morgan fingerprint density at radius 2 is 1.96 bits per heavy atom. The smallest absolute Gasteiger partial charge is 0.262 e. The molecule has 0 saturated heterocycles. The summed E-state index contributed by atoms with van der Waals surface area (Å²) in [5, 5.41) is 3.19. The van der Waals surface area contributed by atoms with Gasteiger partial charge < -0.3 is 5.32 Å². The first-order valence-corrected chi connectivity index (χ1v) is 8.08. The summed E-state index contributed by atoms with van der Waals surface area (Å²) in [5.41, 5.74) is 5.96. The van der Waals surface area contributed by atoms with Crippen molar-refractivity contribution in [3.63, 3.8) is 0 Å². The Morgan fingerprint density at radius 1 is 1.22 bits per heavy atom. The summed E-state index contributed by atoms with van der Waals surface area (Å²) in [4.78, 5) is 13.9. The summed E-state index contributed by atoms with van der Waals surface area (Å²) in [5.74, 6) is -0.587. The van der Waals surface area contributed by atoms with Crippen LogP contribution in [0.2, 0.25) is 0 Å². The van der Waals surface area contributed by atoms with E-state index in [9.17, 15) is 9.18 Å². The molecule has 0 aliphatic carbocycles. The third-order valence-corrected chi connectivity index (χ3v) is 4.04. The monoisotopic (exact) mass is 349 g/mol. The highest BCUT2D eigenvalue weighted by Crippen LogP contribution is 2.16. The van der Waals surface area contributed by atoms with Crippen molar-refractivity contribution in [2.24, 2.45) is 0 Å². The molecule has 2 aromatic rings. The average Bonchev–Trinajstić information content (AvgIpc) is 2.96. The van der Waals surface area contributed by atoms with Gasteiger partial charge in [0, 0.05) is 22.4 Å². The highest BCUT2D eigenvalue weighted by atomic mass is 32.1. The van der Waals surface area contributed by atoms with Crippen LogP contribution in [0.1, 0.15) is 15.3 Å². The van der Waals surface area contributed by atoms with Crippen LogP contribution in [-0.4, -0.2) is 11.0 Å². The van der Waals surface area contributed by atoms with E-state index in [0.29, 0.717) is 6.54 Å². The molecule has 0 atom stereocenters. The van der Waals surface area contributed by atoms with Gasteiger partial charge >= 0.3 is 0 Å². The van der Waals surface area contributed by atoms with Crippen LogP contribution in [-0.2, 0) is 11.3 Å². The summed E-state index contributed by atoms with van der Waals surface area (Å²) in [6, 6.07) is 10.0. The second-order valence-corrected chi connectivity index (χ2v) is 6.43. The number of thiophene rings is 1. The first-order chi connectivity index (χ1) is 11.0. The van der Waals surface area contributed by atoms with Crippen LogP contribution in [0.4, 0.5) is 4.39 Å². The third-order valence-electron chi connectivity index (χ3n) is 2.83. The Bertz CT molecular complexity index is 710. The molecule has 0 spiro atoms. The zero-order valence-electron chi connectivity index (χ0n) is 12.4. The number of aryl methyl sites for hydroxylation is 1. The van der Waals surface area contributed by atoms with Gasteiger partial charge in [0.1, 0.15) is 5.82 Å². The van der Waals surface area contributed by atoms with Gasteiger partial charge in [-0.05, 0) is 55.0 Å². The summed E-state index contributed by atoms with van der Waals surface area (Å²) >= 11 is 6.65. The van der Waals surface area contributed by atoms with Crippen molar-refractivity contribution in [1.82, 2.24) is 16.2 Å². The minimum Gasteiger partial charge on any atom is -0.357 e. The first-order valence-electron chi connectivity index (χ1n) is 6.86. The quantitative estimate of drug-likeness (QED) is 0.451. The number of hydrogen-bond acceptors (Lipinski definition) is 3. The molecule has 4 nitrogen and oxygen atoms in total. The molecule has 1 amide bonds. The van der Waals surface area contributed by atoms with Crippen molar-refractivity contribution >= 4 is 40.7 Å². The minimum atomic E-state index is -0.304. The van der Waals surface area contributed by atoms with E-state index >= 15 is 0 Å². The van der Waals surface area contributed by atoms with Crippen LogP contribution in [0.5, 0.6) is 0 Å². The molecule has 0 aliphatic rings. The van der Waals surface area contributed by atoms with Crippen LogP contribution < -0.4 is 16.2 Å². The molecule has 120 valence electrons. The van der Waals surface area contributed by atoms with Gasteiger partial charge in [0.25, 0.3) is 5.91 Å². The summed E-state index contributed by atoms with van der Waals surface area (Å²) in [7, 11) is 0. The standard InChI is InChI=1S/C16H16FN3OS2/c1-11-2-7-14(23-11)8-9-15(21)19-20-16(22)18-10-12-3-5-13(17)6-4-12/h2-9H,10H2,1H3,(H,19,21)(H2,18,20,22)/b9-8+. The second-order valence-electron chi connectivity index (χ2n) is 4.71. The lowest BCUT2D eigenvalue weighted by Gasteiger charge is -2.10. The Morgan fingerprint density at radius 3 is 2.61 bits per heavy atom. The topological polar surface area (TPSA) is 53.2 Å². The maximum absolute atomic E-state index is 12.8. The van der Waals surface area contributed by atoms with Gasteiger partial charge in [-0.1, -0.05) is 12.1 Å². The lowest BCUT2D eigenvalue weighted by molar-refractivity contribution is -0.116. The zero-order valence-corrected chi connectivity index (χ0v) is 14.1. The van der Waals surface area contributed by atoms with Crippen molar-refractivity contribution in [3.8, 4) is 0 Å². The fraction of sp³-hybridized carbons (Fsp3) is 0.125. The van der Waals surface area contributed by atoms with Crippen molar-refractivity contribution in [3.05, 3.63) is 63.6 Å². The molecule has 1 aromatic carbocycles. The lowest BCUT2D eigenvalue weighted by atomic mass is 10.2. The molecule has 0 unspecified atom stereocenters. The Labute approximate surface area is 143 Å². The molecule has 23 heavy (non-hydrogen) atoms. The average molecular weight is 349 g/mol. The fourth-order valence-corrected chi connectivity index (χ4v) is 2.59. The van der Waals surface area contributed by atoms with Crippen molar-refractivity contribution in [1.29, 1.82) is 0 Å². The molecule has 0 saturated carbocycles. The second kappa shape index (κ2) is 8.40. The van der Waals surface area contributed by atoms with Crippen LogP contribution in [0, 0.1) is 12.7 Å². The van der Waals surface area contributed by atoms with Gasteiger partial charge in [0.2, 0.25) is 0 Å². The summed E-state index contributed by atoms with van der Waals surface area (Å²) in [6.07, 6.45) is 3.17. The SMILES string of the molecule is Cc1ccc(/C=C/C(=O)NNC(=S)NCc2ccc(F)cc2)s1. The molecular weight excluding hydrogens is 333 g/mol. The van der Waals surface area contributed by atoms with Crippen molar-refractivity contribution in [2.75, 3.05) is 0 Å². The van der Waals surface area contributed by atoms with Crippen molar-refractivity contribution in [2.45, 2.75) is 13.5 Å². The number of hydrazine groups is 1. The Balaban J connectivity index is 1.70. The van der Waals surface area contributed by atoms with E-state index in [-0.39, 0.29) is 16.8 Å². The van der Waals surface area contributed by atoms with E-state index in [1.165, 1.54) is 23.1 Å².